The van der Waals surface area contributed by atoms with Gasteiger partial charge >= 0.3 is 0 Å². The van der Waals surface area contributed by atoms with Crippen LogP contribution >= 0.6 is 0 Å². The largest absolute Gasteiger partial charge is 0.0651 e. The number of hydrogen-bond donors (Lipinski definition) is 0. The van der Waals surface area contributed by atoms with Crippen LogP contribution in [0.5, 0.6) is 0 Å². The Labute approximate surface area is 125 Å². The molecule has 0 bridgehead atoms. The van der Waals surface area contributed by atoms with Gasteiger partial charge in [0, 0.05) is 0 Å². The summed E-state index contributed by atoms with van der Waals surface area (Å²) in [4.78, 5) is 0. The first-order chi connectivity index (χ1) is 10.4. The third-order valence-electron chi connectivity index (χ3n) is 4.37. The molecule has 0 nitrogen and oxygen atoms in total. The number of aryl methyl sites for hydroxylation is 1. The van der Waals surface area contributed by atoms with Gasteiger partial charge in [0.1, 0.15) is 0 Å². The van der Waals surface area contributed by atoms with Crippen LogP contribution in [0.4, 0.5) is 0 Å². The standard InChI is InChI=1S/C21H18/c1-2-7-16-14-21-17-9-4-3-8-15(17)12-13-20(21)19-11-6-5-10-18(16)19/h3-6,8-14H,2,7H2,1H3. The molecule has 0 saturated heterocycles. The zero-order valence-corrected chi connectivity index (χ0v) is 12.3. The predicted octanol–water partition coefficient (Wildman–Crippen LogP) is 6.10. The molecule has 0 heteroatoms. The summed E-state index contributed by atoms with van der Waals surface area (Å²) in [5.74, 6) is 0. The Hall–Kier alpha value is -2.34. The SMILES string of the molecule is CCCc1cc2c3ccccc3ccc2c2ccccc12. The lowest BCUT2D eigenvalue weighted by molar-refractivity contribution is 0.931. The maximum absolute atomic E-state index is 2.41. The summed E-state index contributed by atoms with van der Waals surface area (Å²) in [7, 11) is 0. The second kappa shape index (κ2) is 4.89. The second-order valence-corrected chi connectivity index (χ2v) is 5.71. The van der Waals surface area contributed by atoms with Gasteiger partial charge in [-0.1, -0.05) is 74.0 Å². The second-order valence-electron chi connectivity index (χ2n) is 5.71. The Bertz CT molecular complexity index is 948. The molecule has 0 heterocycles. The van der Waals surface area contributed by atoms with Crippen molar-refractivity contribution < 1.29 is 0 Å². The zero-order valence-electron chi connectivity index (χ0n) is 12.3. The van der Waals surface area contributed by atoms with Crippen LogP contribution in [0.15, 0.2) is 66.7 Å². The molecule has 0 spiro atoms. The van der Waals surface area contributed by atoms with Crippen LogP contribution in [0.1, 0.15) is 18.9 Å². The van der Waals surface area contributed by atoms with Crippen molar-refractivity contribution in [1.29, 1.82) is 0 Å². The van der Waals surface area contributed by atoms with E-state index in [1.54, 1.807) is 0 Å². The Morgan fingerprint density at radius 1 is 0.619 bits per heavy atom. The van der Waals surface area contributed by atoms with Crippen LogP contribution in [-0.2, 0) is 6.42 Å². The van der Waals surface area contributed by atoms with E-state index >= 15 is 0 Å². The predicted molar refractivity (Wildman–Crippen MR) is 93.0 cm³/mol. The Morgan fingerprint density at radius 3 is 2.10 bits per heavy atom. The fourth-order valence-electron chi connectivity index (χ4n) is 3.41. The fraction of sp³-hybridized carbons (Fsp3) is 0.143. The zero-order chi connectivity index (χ0) is 14.2. The Kier molecular flexibility index (Phi) is 2.89. The van der Waals surface area contributed by atoms with Gasteiger partial charge < -0.3 is 0 Å². The van der Waals surface area contributed by atoms with Gasteiger partial charge in [0.2, 0.25) is 0 Å². The summed E-state index contributed by atoms with van der Waals surface area (Å²) >= 11 is 0. The first-order valence-corrected chi connectivity index (χ1v) is 7.70. The van der Waals surface area contributed by atoms with Gasteiger partial charge in [0.05, 0.1) is 0 Å². The summed E-state index contributed by atoms with van der Waals surface area (Å²) in [6.45, 7) is 2.25. The summed E-state index contributed by atoms with van der Waals surface area (Å²) < 4.78 is 0. The lowest BCUT2D eigenvalue weighted by Crippen LogP contribution is -1.89. The van der Waals surface area contributed by atoms with Crippen molar-refractivity contribution in [2.75, 3.05) is 0 Å². The lowest BCUT2D eigenvalue weighted by atomic mass is 9.92. The monoisotopic (exact) mass is 270 g/mol. The minimum atomic E-state index is 1.14. The fourth-order valence-corrected chi connectivity index (χ4v) is 3.41. The Balaban J connectivity index is 2.23. The molecule has 0 atom stereocenters. The van der Waals surface area contributed by atoms with Gasteiger partial charge in [0.15, 0.2) is 0 Å². The maximum atomic E-state index is 2.41. The van der Waals surface area contributed by atoms with E-state index in [0.717, 1.165) is 6.42 Å². The minimum absolute atomic E-state index is 1.14. The van der Waals surface area contributed by atoms with Gasteiger partial charge in [-0.2, -0.15) is 0 Å². The van der Waals surface area contributed by atoms with Crippen LogP contribution in [0.2, 0.25) is 0 Å². The molecule has 0 aliphatic rings. The van der Waals surface area contributed by atoms with Gasteiger partial charge in [-0.25, -0.2) is 0 Å². The average Bonchev–Trinajstić information content (AvgIpc) is 2.55. The van der Waals surface area contributed by atoms with E-state index in [0.29, 0.717) is 0 Å². The molecule has 4 rings (SSSR count). The van der Waals surface area contributed by atoms with Crippen LogP contribution in [0.25, 0.3) is 32.3 Å². The molecule has 0 aromatic heterocycles. The van der Waals surface area contributed by atoms with Gasteiger partial charge in [-0.15, -0.1) is 0 Å². The van der Waals surface area contributed by atoms with E-state index in [1.807, 2.05) is 0 Å². The molecular formula is C21H18. The molecule has 0 N–H and O–H groups in total. The molecule has 0 amide bonds. The van der Waals surface area contributed by atoms with Crippen molar-refractivity contribution in [2.45, 2.75) is 19.8 Å². The molecule has 0 unspecified atom stereocenters. The van der Waals surface area contributed by atoms with E-state index < -0.39 is 0 Å². The molecule has 0 aliphatic carbocycles. The summed E-state index contributed by atoms with van der Waals surface area (Å²) in [6, 6.07) is 24.4. The van der Waals surface area contributed by atoms with Gasteiger partial charge in [0.25, 0.3) is 0 Å². The van der Waals surface area contributed by atoms with Crippen molar-refractivity contribution in [3.8, 4) is 0 Å². The lowest BCUT2D eigenvalue weighted by Gasteiger charge is -2.12. The number of rotatable bonds is 2. The van der Waals surface area contributed by atoms with Crippen molar-refractivity contribution in [2.24, 2.45) is 0 Å². The molecule has 0 saturated carbocycles. The molecular weight excluding hydrogens is 252 g/mol. The molecule has 0 fully saturated rings. The number of hydrogen-bond acceptors (Lipinski definition) is 0. The maximum Gasteiger partial charge on any atom is -0.00962 e. The van der Waals surface area contributed by atoms with Gasteiger partial charge in [-0.05, 0) is 50.4 Å². The third kappa shape index (κ3) is 1.91. The van der Waals surface area contributed by atoms with Crippen molar-refractivity contribution >= 4 is 32.3 Å². The van der Waals surface area contributed by atoms with E-state index in [1.165, 1.54) is 44.3 Å². The highest BCUT2D eigenvalue weighted by molar-refractivity contribution is 6.18. The van der Waals surface area contributed by atoms with Crippen molar-refractivity contribution in [3.05, 3.63) is 72.3 Å². The molecule has 0 aliphatic heterocycles. The smallest absolute Gasteiger partial charge is 0.00962 e. The van der Waals surface area contributed by atoms with E-state index in [-0.39, 0.29) is 0 Å². The first-order valence-electron chi connectivity index (χ1n) is 7.70. The average molecular weight is 270 g/mol. The molecule has 102 valence electrons. The highest BCUT2D eigenvalue weighted by Gasteiger charge is 2.08. The highest BCUT2D eigenvalue weighted by Crippen LogP contribution is 2.33. The van der Waals surface area contributed by atoms with Crippen LogP contribution < -0.4 is 0 Å². The normalized spacial score (nSPS) is 11.5. The summed E-state index contributed by atoms with van der Waals surface area (Å²) in [5.41, 5.74) is 1.47. The summed E-state index contributed by atoms with van der Waals surface area (Å²) in [6.07, 6.45) is 2.32. The number of benzene rings is 4. The molecule has 21 heavy (non-hydrogen) atoms. The Morgan fingerprint density at radius 2 is 1.29 bits per heavy atom. The molecule has 4 aromatic rings. The van der Waals surface area contributed by atoms with Crippen LogP contribution in [0, 0.1) is 0 Å². The minimum Gasteiger partial charge on any atom is -0.0651 e. The number of fused-ring (bicyclic) bond motifs is 5. The van der Waals surface area contributed by atoms with Crippen molar-refractivity contribution in [3.63, 3.8) is 0 Å². The summed E-state index contributed by atoms with van der Waals surface area (Å²) in [5, 5.41) is 8.21. The highest BCUT2D eigenvalue weighted by atomic mass is 14.1. The van der Waals surface area contributed by atoms with E-state index in [2.05, 4.69) is 73.7 Å². The van der Waals surface area contributed by atoms with Crippen LogP contribution in [-0.4, -0.2) is 0 Å². The van der Waals surface area contributed by atoms with Crippen molar-refractivity contribution in [1.82, 2.24) is 0 Å². The first kappa shape index (κ1) is 12.4. The van der Waals surface area contributed by atoms with Gasteiger partial charge in [-0.3, -0.25) is 0 Å². The van der Waals surface area contributed by atoms with E-state index in [9.17, 15) is 0 Å². The van der Waals surface area contributed by atoms with Crippen LogP contribution in [0.3, 0.4) is 0 Å². The molecule has 4 aromatic carbocycles. The topological polar surface area (TPSA) is 0 Å². The third-order valence-corrected chi connectivity index (χ3v) is 4.37. The quantitative estimate of drug-likeness (QED) is 0.386. The molecule has 0 radical (unpaired) electrons. The van der Waals surface area contributed by atoms with E-state index in [4.69, 9.17) is 0 Å².